The van der Waals surface area contributed by atoms with E-state index in [0.717, 1.165) is 12.1 Å². The van der Waals surface area contributed by atoms with E-state index in [1.54, 1.807) is 38.1 Å². The maximum atomic E-state index is 12.9. The molecule has 2 aromatic rings. The van der Waals surface area contributed by atoms with Crippen molar-refractivity contribution in [3.8, 4) is 0 Å². The molecule has 0 spiro atoms. The monoisotopic (exact) mass is 416 g/mol. The Hall–Kier alpha value is -2.64. The molecule has 1 unspecified atom stereocenters. The molecule has 3 rings (SSSR count). The van der Waals surface area contributed by atoms with Crippen LogP contribution >= 0.6 is 11.6 Å². The highest BCUT2D eigenvalue weighted by Gasteiger charge is 2.46. The Labute approximate surface area is 175 Å². The van der Waals surface area contributed by atoms with Crippen LogP contribution in [-0.4, -0.2) is 64.0 Å². The van der Waals surface area contributed by atoms with Crippen molar-refractivity contribution in [2.24, 2.45) is 0 Å². The number of Topliss-reactive ketones (excluding diaryl/α,β-unsaturated/α-hetero) is 1. The fourth-order valence-electron chi connectivity index (χ4n) is 3.69. The quantitative estimate of drug-likeness (QED) is 0.429. The summed E-state index contributed by atoms with van der Waals surface area (Å²) in [5.41, 5.74) is 2.45. The summed E-state index contributed by atoms with van der Waals surface area (Å²) in [6.45, 7) is 4.68. The predicted molar refractivity (Wildman–Crippen MR) is 112 cm³/mol. The second-order valence-electron chi connectivity index (χ2n) is 7.51. The van der Waals surface area contributed by atoms with Crippen LogP contribution in [0, 0.1) is 13.8 Å². The van der Waals surface area contributed by atoms with Gasteiger partial charge in [-0.1, -0.05) is 23.7 Å². The number of carbonyl (C=O) groups is 2. The number of hydrogen-bond acceptors (Lipinski definition) is 5. The normalized spacial score (nSPS) is 18.8. The van der Waals surface area contributed by atoms with E-state index in [4.69, 9.17) is 11.6 Å². The zero-order valence-electron chi connectivity index (χ0n) is 17.0. The second kappa shape index (κ2) is 8.39. The third kappa shape index (κ3) is 4.06. The number of benzene rings is 1. The van der Waals surface area contributed by atoms with Crippen molar-refractivity contribution in [3.05, 3.63) is 57.4 Å². The molecule has 2 heterocycles. The van der Waals surface area contributed by atoms with Gasteiger partial charge in [-0.25, -0.2) is 0 Å². The van der Waals surface area contributed by atoms with E-state index in [-0.39, 0.29) is 11.3 Å². The molecule has 1 aliphatic rings. The maximum Gasteiger partial charge on any atom is 0.295 e. The summed E-state index contributed by atoms with van der Waals surface area (Å²) in [4.78, 5) is 29.4. The maximum absolute atomic E-state index is 12.9. The molecule has 1 aromatic carbocycles. The number of aromatic amines is 1. The molecule has 0 bridgehead atoms. The molecule has 154 valence electrons. The molecule has 1 amide bonds. The largest absolute Gasteiger partial charge is 0.507 e. The molecule has 1 aliphatic heterocycles. The highest BCUT2D eigenvalue weighted by atomic mass is 35.5. The molecule has 29 heavy (non-hydrogen) atoms. The highest BCUT2D eigenvalue weighted by Crippen LogP contribution is 2.40. The molecular formula is C21H25ClN4O3. The third-order valence-electron chi connectivity index (χ3n) is 5.09. The van der Waals surface area contributed by atoms with Crippen LogP contribution in [0.4, 0.5) is 0 Å². The number of H-pyrrole nitrogens is 1. The first-order valence-corrected chi connectivity index (χ1v) is 9.80. The third-order valence-corrected chi connectivity index (χ3v) is 5.35. The molecule has 1 atom stereocenters. The van der Waals surface area contributed by atoms with E-state index in [0.29, 0.717) is 34.9 Å². The lowest BCUT2D eigenvalue weighted by Gasteiger charge is -2.26. The van der Waals surface area contributed by atoms with Gasteiger partial charge in [0, 0.05) is 17.3 Å². The number of nitrogens with zero attached hydrogens (tertiary/aromatic N) is 3. The predicted octanol–water partition coefficient (Wildman–Crippen LogP) is 3.05. The first-order valence-electron chi connectivity index (χ1n) is 9.43. The van der Waals surface area contributed by atoms with Crippen molar-refractivity contribution >= 4 is 29.1 Å². The number of rotatable bonds is 6. The standard InChI is InChI=1S/C21H25ClN4O3/c1-12-16(13(2)24-23-12)19(27)17-18(14-6-8-15(22)9-7-14)26(21(29)20(17)28)11-5-10-25(3)4/h6-9,18,27H,5,10-11H2,1-4H3,(H,23,24). The number of carbonyl (C=O) groups excluding carboxylic acids is 2. The Balaban J connectivity index is 2.12. The number of aliphatic hydroxyl groups is 1. The summed E-state index contributed by atoms with van der Waals surface area (Å²) in [5.74, 6) is -1.50. The molecule has 2 N–H and O–H groups in total. The Kier molecular flexibility index (Phi) is 6.10. The van der Waals surface area contributed by atoms with Crippen molar-refractivity contribution in [2.75, 3.05) is 27.2 Å². The topological polar surface area (TPSA) is 89.5 Å². The van der Waals surface area contributed by atoms with Crippen molar-refractivity contribution in [1.82, 2.24) is 20.0 Å². The number of aromatic nitrogens is 2. The van der Waals surface area contributed by atoms with Gasteiger partial charge in [-0.15, -0.1) is 0 Å². The van der Waals surface area contributed by atoms with Crippen molar-refractivity contribution < 1.29 is 14.7 Å². The van der Waals surface area contributed by atoms with Crippen LogP contribution < -0.4 is 0 Å². The Morgan fingerprint density at radius 3 is 2.45 bits per heavy atom. The fraction of sp³-hybridized carbons (Fsp3) is 0.381. The zero-order valence-corrected chi connectivity index (χ0v) is 17.7. The summed E-state index contributed by atoms with van der Waals surface area (Å²) in [5, 5.41) is 18.5. The average Bonchev–Trinajstić information content (AvgIpc) is 3.13. The molecule has 0 aliphatic carbocycles. The number of halogens is 1. The first kappa shape index (κ1) is 21.1. The lowest BCUT2D eigenvalue weighted by Crippen LogP contribution is -2.32. The van der Waals surface area contributed by atoms with Gasteiger partial charge < -0.3 is 14.9 Å². The molecule has 1 aromatic heterocycles. The van der Waals surface area contributed by atoms with E-state index < -0.39 is 17.7 Å². The van der Waals surface area contributed by atoms with Gasteiger partial charge >= 0.3 is 0 Å². The van der Waals surface area contributed by atoms with Gasteiger partial charge in [0.05, 0.1) is 22.9 Å². The van der Waals surface area contributed by atoms with E-state index >= 15 is 0 Å². The lowest BCUT2D eigenvalue weighted by molar-refractivity contribution is -0.139. The number of nitrogens with one attached hydrogen (secondary N) is 1. The van der Waals surface area contributed by atoms with Gasteiger partial charge in [0.15, 0.2) is 0 Å². The van der Waals surface area contributed by atoms with E-state index in [1.165, 1.54) is 4.90 Å². The van der Waals surface area contributed by atoms with Gasteiger partial charge in [0.1, 0.15) is 5.76 Å². The number of ketones is 1. The molecular weight excluding hydrogens is 392 g/mol. The summed E-state index contributed by atoms with van der Waals surface area (Å²) >= 11 is 6.03. The van der Waals surface area contributed by atoms with Crippen LogP contribution in [0.5, 0.6) is 0 Å². The average molecular weight is 417 g/mol. The lowest BCUT2D eigenvalue weighted by atomic mass is 9.94. The SMILES string of the molecule is Cc1n[nH]c(C)c1C(O)=C1C(=O)C(=O)N(CCCN(C)C)C1c1ccc(Cl)cc1. The Bertz CT molecular complexity index is 943. The molecule has 1 saturated heterocycles. The second-order valence-corrected chi connectivity index (χ2v) is 7.95. The number of amides is 1. The van der Waals surface area contributed by atoms with Crippen LogP contribution in [0.2, 0.25) is 5.02 Å². The van der Waals surface area contributed by atoms with Gasteiger partial charge in [-0.3, -0.25) is 14.7 Å². The van der Waals surface area contributed by atoms with Crippen LogP contribution in [0.1, 0.15) is 35.0 Å². The Morgan fingerprint density at radius 2 is 1.90 bits per heavy atom. The van der Waals surface area contributed by atoms with Gasteiger partial charge in [0.2, 0.25) is 0 Å². The molecule has 1 fully saturated rings. The van der Waals surface area contributed by atoms with E-state index in [9.17, 15) is 14.7 Å². The zero-order chi connectivity index (χ0) is 21.3. The van der Waals surface area contributed by atoms with Crippen LogP contribution in [0.15, 0.2) is 29.8 Å². The minimum absolute atomic E-state index is 0.0785. The van der Waals surface area contributed by atoms with Crippen LogP contribution in [0.3, 0.4) is 0 Å². The van der Waals surface area contributed by atoms with Crippen molar-refractivity contribution in [2.45, 2.75) is 26.3 Å². The summed E-state index contributed by atoms with van der Waals surface area (Å²) in [7, 11) is 3.91. The van der Waals surface area contributed by atoms with Gasteiger partial charge in [-0.05, 0) is 58.6 Å². The van der Waals surface area contributed by atoms with Crippen LogP contribution in [-0.2, 0) is 9.59 Å². The fourth-order valence-corrected chi connectivity index (χ4v) is 3.82. The molecule has 0 saturated carbocycles. The minimum atomic E-state index is -0.688. The Morgan fingerprint density at radius 1 is 1.24 bits per heavy atom. The van der Waals surface area contributed by atoms with Crippen LogP contribution in [0.25, 0.3) is 5.76 Å². The summed E-state index contributed by atoms with van der Waals surface area (Å²) in [6, 6.07) is 6.31. The van der Waals surface area contributed by atoms with E-state index in [1.807, 2.05) is 19.0 Å². The number of likely N-dealkylation sites (tertiary alicyclic amines) is 1. The van der Waals surface area contributed by atoms with E-state index in [2.05, 4.69) is 10.2 Å². The molecule has 0 radical (unpaired) electrons. The smallest absolute Gasteiger partial charge is 0.295 e. The highest BCUT2D eigenvalue weighted by molar-refractivity contribution is 6.46. The number of aryl methyl sites for hydroxylation is 2. The molecule has 7 nitrogen and oxygen atoms in total. The van der Waals surface area contributed by atoms with Gasteiger partial charge in [-0.2, -0.15) is 5.10 Å². The first-order chi connectivity index (χ1) is 13.7. The number of aliphatic hydroxyl groups excluding tert-OH is 1. The minimum Gasteiger partial charge on any atom is -0.507 e. The summed E-state index contributed by atoms with van der Waals surface area (Å²) < 4.78 is 0. The van der Waals surface area contributed by atoms with Crippen molar-refractivity contribution in [1.29, 1.82) is 0 Å². The van der Waals surface area contributed by atoms with Gasteiger partial charge in [0.25, 0.3) is 11.7 Å². The number of hydrogen-bond donors (Lipinski definition) is 2. The van der Waals surface area contributed by atoms with Crippen molar-refractivity contribution in [3.63, 3.8) is 0 Å². The summed E-state index contributed by atoms with van der Waals surface area (Å²) in [6.07, 6.45) is 0.702. The molecule has 8 heteroatoms.